The third-order valence-electron chi connectivity index (χ3n) is 4.19. The number of rotatable bonds is 4. The van der Waals surface area contributed by atoms with Gasteiger partial charge >= 0.3 is 0 Å². The second kappa shape index (κ2) is 6.08. The van der Waals surface area contributed by atoms with Crippen LogP contribution in [0.2, 0.25) is 0 Å². The van der Waals surface area contributed by atoms with Gasteiger partial charge in [0, 0.05) is 25.7 Å². The highest BCUT2D eigenvalue weighted by molar-refractivity contribution is 5.44. The SMILES string of the molecule is CNc1cccc(CN2CCC(C)(CC#N)CC2)c1. The molecule has 1 aromatic carbocycles. The van der Waals surface area contributed by atoms with Gasteiger partial charge in [-0.1, -0.05) is 19.1 Å². The van der Waals surface area contributed by atoms with E-state index in [9.17, 15) is 0 Å². The minimum atomic E-state index is 0.234. The third kappa shape index (κ3) is 3.71. The molecule has 0 atom stereocenters. The molecule has 0 radical (unpaired) electrons. The minimum Gasteiger partial charge on any atom is -0.388 e. The molecule has 0 aliphatic carbocycles. The van der Waals surface area contributed by atoms with Crippen LogP contribution in [0.5, 0.6) is 0 Å². The zero-order valence-corrected chi connectivity index (χ0v) is 11.9. The van der Waals surface area contributed by atoms with Crippen LogP contribution in [-0.2, 0) is 6.54 Å². The first kappa shape index (κ1) is 13.9. The highest BCUT2D eigenvalue weighted by Gasteiger charge is 2.29. The van der Waals surface area contributed by atoms with Crippen molar-refractivity contribution in [3.05, 3.63) is 29.8 Å². The Balaban J connectivity index is 1.90. The number of nitrogens with one attached hydrogen (secondary N) is 1. The molecular formula is C16H23N3. The Hall–Kier alpha value is -1.53. The summed E-state index contributed by atoms with van der Waals surface area (Å²) in [6, 6.07) is 10.9. The zero-order chi connectivity index (χ0) is 13.7. The number of nitrogens with zero attached hydrogens (tertiary/aromatic N) is 2. The van der Waals surface area contributed by atoms with Crippen LogP contribution in [0.25, 0.3) is 0 Å². The Kier molecular flexibility index (Phi) is 4.44. The molecule has 1 fully saturated rings. The van der Waals surface area contributed by atoms with Gasteiger partial charge in [-0.3, -0.25) is 4.90 Å². The van der Waals surface area contributed by atoms with Crippen molar-refractivity contribution in [1.82, 2.24) is 4.90 Å². The first-order valence-corrected chi connectivity index (χ1v) is 7.01. The van der Waals surface area contributed by atoms with Crippen LogP contribution in [-0.4, -0.2) is 25.0 Å². The summed E-state index contributed by atoms with van der Waals surface area (Å²) in [7, 11) is 1.95. The molecule has 0 aromatic heterocycles. The van der Waals surface area contributed by atoms with Gasteiger partial charge in [0.1, 0.15) is 0 Å². The normalized spacial score (nSPS) is 18.8. The quantitative estimate of drug-likeness (QED) is 0.900. The van der Waals surface area contributed by atoms with E-state index in [0.29, 0.717) is 6.42 Å². The van der Waals surface area contributed by atoms with E-state index in [2.05, 4.69) is 47.5 Å². The van der Waals surface area contributed by atoms with Gasteiger partial charge in [-0.05, 0) is 49.0 Å². The molecule has 1 aliphatic heterocycles. The summed E-state index contributed by atoms with van der Waals surface area (Å²) in [4.78, 5) is 2.49. The van der Waals surface area contributed by atoms with E-state index in [0.717, 1.165) is 32.5 Å². The van der Waals surface area contributed by atoms with Crippen LogP contribution >= 0.6 is 0 Å². The van der Waals surface area contributed by atoms with E-state index in [1.165, 1.54) is 11.3 Å². The summed E-state index contributed by atoms with van der Waals surface area (Å²) >= 11 is 0. The molecule has 3 heteroatoms. The standard InChI is InChI=1S/C16H23N3/c1-16(6-9-17)7-10-19(11-8-16)13-14-4-3-5-15(12-14)18-2/h3-5,12,18H,6-8,10-11,13H2,1-2H3. The lowest BCUT2D eigenvalue weighted by Gasteiger charge is -2.38. The van der Waals surface area contributed by atoms with E-state index >= 15 is 0 Å². The number of anilines is 1. The Morgan fingerprint density at radius 1 is 1.37 bits per heavy atom. The summed E-state index contributed by atoms with van der Waals surface area (Å²) in [5.41, 5.74) is 2.76. The fourth-order valence-electron chi connectivity index (χ4n) is 2.70. The lowest BCUT2D eigenvalue weighted by molar-refractivity contribution is 0.116. The topological polar surface area (TPSA) is 39.1 Å². The molecule has 1 heterocycles. The van der Waals surface area contributed by atoms with Gasteiger partial charge in [-0.2, -0.15) is 5.26 Å². The molecule has 0 spiro atoms. The summed E-state index contributed by atoms with van der Waals surface area (Å²) in [5, 5.41) is 12.1. The maximum absolute atomic E-state index is 8.87. The van der Waals surface area contributed by atoms with Crippen molar-refractivity contribution in [2.24, 2.45) is 5.41 Å². The fraction of sp³-hybridized carbons (Fsp3) is 0.562. The molecule has 102 valence electrons. The zero-order valence-electron chi connectivity index (χ0n) is 11.9. The average Bonchev–Trinajstić information content (AvgIpc) is 2.42. The Labute approximate surface area is 116 Å². The van der Waals surface area contributed by atoms with Crippen LogP contribution in [0.3, 0.4) is 0 Å². The van der Waals surface area contributed by atoms with Gasteiger partial charge in [0.25, 0.3) is 0 Å². The fourth-order valence-corrected chi connectivity index (χ4v) is 2.70. The van der Waals surface area contributed by atoms with Gasteiger partial charge in [0.15, 0.2) is 0 Å². The number of benzene rings is 1. The average molecular weight is 257 g/mol. The van der Waals surface area contributed by atoms with E-state index in [4.69, 9.17) is 5.26 Å². The Morgan fingerprint density at radius 2 is 2.11 bits per heavy atom. The highest BCUT2D eigenvalue weighted by atomic mass is 15.1. The maximum Gasteiger partial charge on any atom is 0.0627 e. The van der Waals surface area contributed by atoms with Crippen molar-refractivity contribution in [3.8, 4) is 6.07 Å². The maximum atomic E-state index is 8.87. The van der Waals surface area contributed by atoms with Gasteiger partial charge < -0.3 is 5.32 Å². The summed E-state index contributed by atoms with van der Waals surface area (Å²) < 4.78 is 0. The molecule has 0 unspecified atom stereocenters. The number of likely N-dealkylation sites (tertiary alicyclic amines) is 1. The molecular weight excluding hydrogens is 234 g/mol. The van der Waals surface area contributed by atoms with Crippen LogP contribution in [0.1, 0.15) is 31.7 Å². The van der Waals surface area contributed by atoms with Crippen molar-refractivity contribution in [2.75, 3.05) is 25.5 Å². The van der Waals surface area contributed by atoms with Crippen molar-refractivity contribution in [3.63, 3.8) is 0 Å². The van der Waals surface area contributed by atoms with Crippen LogP contribution in [0.15, 0.2) is 24.3 Å². The van der Waals surface area contributed by atoms with Gasteiger partial charge in [0.05, 0.1) is 6.07 Å². The number of hydrogen-bond donors (Lipinski definition) is 1. The van der Waals surface area contributed by atoms with Crippen LogP contribution < -0.4 is 5.32 Å². The highest BCUT2D eigenvalue weighted by Crippen LogP contribution is 2.34. The molecule has 2 rings (SSSR count). The van der Waals surface area contributed by atoms with Crippen molar-refractivity contribution in [1.29, 1.82) is 5.26 Å². The minimum absolute atomic E-state index is 0.234. The number of hydrogen-bond acceptors (Lipinski definition) is 3. The first-order valence-electron chi connectivity index (χ1n) is 7.01. The van der Waals surface area contributed by atoms with Crippen LogP contribution in [0.4, 0.5) is 5.69 Å². The van der Waals surface area contributed by atoms with Gasteiger partial charge in [-0.25, -0.2) is 0 Å². The second-order valence-corrected chi connectivity index (χ2v) is 5.87. The molecule has 19 heavy (non-hydrogen) atoms. The lowest BCUT2D eigenvalue weighted by Crippen LogP contribution is -2.38. The van der Waals surface area contributed by atoms with Gasteiger partial charge in [0.2, 0.25) is 0 Å². The van der Waals surface area contributed by atoms with E-state index < -0.39 is 0 Å². The molecule has 0 bridgehead atoms. The first-order chi connectivity index (χ1) is 9.15. The smallest absolute Gasteiger partial charge is 0.0627 e. The molecule has 0 saturated carbocycles. The summed E-state index contributed by atoms with van der Waals surface area (Å²) in [6.45, 7) is 5.46. The molecule has 1 aliphatic rings. The van der Waals surface area contributed by atoms with Crippen molar-refractivity contribution < 1.29 is 0 Å². The largest absolute Gasteiger partial charge is 0.388 e. The van der Waals surface area contributed by atoms with E-state index in [1.54, 1.807) is 0 Å². The molecule has 3 nitrogen and oxygen atoms in total. The van der Waals surface area contributed by atoms with Crippen molar-refractivity contribution in [2.45, 2.75) is 32.7 Å². The van der Waals surface area contributed by atoms with Crippen molar-refractivity contribution >= 4 is 5.69 Å². The predicted octanol–water partition coefficient (Wildman–Crippen LogP) is 3.24. The third-order valence-corrected chi connectivity index (χ3v) is 4.19. The summed E-state index contributed by atoms with van der Waals surface area (Å²) in [5.74, 6) is 0. The van der Waals surface area contributed by atoms with Crippen LogP contribution in [0, 0.1) is 16.7 Å². The lowest BCUT2D eigenvalue weighted by atomic mass is 9.78. The molecule has 1 aromatic rings. The monoisotopic (exact) mass is 257 g/mol. The van der Waals surface area contributed by atoms with E-state index in [-0.39, 0.29) is 5.41 Å². The van der Waals surface area contributed by atoms with E-state index in [1.807, 2.05) is 7.05 Å². The Bertz CT molecular complexity index is 453. The molecule has 1 N–H and O–H groups in total. The number of nitriles is 1. The van der Waals surface area contributed by atoms with Gasteiger partial charge in [-0.15, -0.1) is 0 Å². The second-order valence-electron chi connectivity index (χ2n) is 5.87. The Morgan fingerprint density at radius 3 is 2.74 bits per heavy atom. The number of piperidine rings is 1. The molecule has 0 amide bonds. The summed E-state index contributed by atoms with van der Waals surface area (Å²) in [6.07, 6.45) is 2.95. The molecule has 1 saturated heterocycles. The predicted molar refractivity (Wildman–Crippen MR) is 78.8 cm³/mol.